The molecule has 1 unspecified atom stereocenters. The second kappa shape index (κ2) is 10.8. The molecule has 4 rings (SSSR count). The van der Waals surface area contributed by atoms with Crippen LogP contribution in [0.2, 0.25) is 0 Å². The number of hydrogen-bond donors (Lipinski definition) is 2. The number of benzene rings is 1. The number of para-hydroxylation sites is 1. The van der Waals surface area contributed by atoms with E-state index in [9.17, 15) is 0 Å². The van der Waals surface area contributed by atoms with Gasteiger partial charge in [-0.3, -0.25) is 0 Å². The molecule has 0 aliphatic carbocycles. The highest BCUT2D eigenvalue weighted by Gasteiger charge is 2.22. The zero-order chi connectivity index (χ0) is 20.1. The predicted octanol–water partition coefficient (Wildman–Crippen LogP) is 3.08. The van der Waals surface area contributed by atoms with E-state index in [2.05, 4.69) is 50.5 Å². The zero-order valence-corrected chi connectivity index (χ0v) is 20.3. The first-order chi connectivity index (χ1) is 14.2. The normalized spacial score (nSPS) is 15.3. The summed E-state index contributed by atoms with van der Waals surface area (Å²) in [7, 11) is 1.96. The summed E-state index contributed by atoms with van der Waals surface area (Å²) in [5.74, 6) is 3.47. The lowest BCUT2D eigenvalue weighted by Crippen LogP contribution is -2.43. The second-order valence-corrected chi connectivity index (χ2v) is 8.11. The number of rotatable bonds is 7. The molecular weight excluding hydrogens is 511 g/mol. The zero-order valence-electron chi connectivity index (χ0n) is 17.2. The first-order valence-corrected chi connectivity index (χ1v) is 10.7. The van der Waals surface area contributed by atoms with Gasteiger partial charge in [-0.15, -0.1) is 45.5 Å². The Morgan fingerprint density at radius 1 is 1.23 bits per heavy atom. The molecule has 1 atom stereocenters. The summed E-state index contributed by atoms with van der Waals surface area (Å²) in [4.78, 5) is 6.07. The molecule has 1 aliphatic rings. The molecule has 1 aliphatic heterocycles. The van der Waals surface area contributed by atoms with E-state index in [1.165, 1.54) is 10.4 Å². The predicted molar refractivity (Wildman–Crippen MR) is 131 cm³/mol. The van der Waals surface area contributed by atoms with Crippen LogP contribution in [0, 0.1) is 6.92 Å². The van der Waals surface area contributed by atoms with Crippen molar-refractivity contribution in [1.82, 2.24) is 25.4 Å². The third kappa shape index (κ3) is 5.72. The van der Waals surface area contributed by atoms with Crippen molar-refractivity contribution in [2.24, 2.45) is 12.0 Å². The second-order valence-electron chi connectivity index (χ2n) is 7.08. The van der Waals surface area contributed by atoms with Crippen molar-refractivity contribution in [3.8, 4) is 5.75 Å². The number of aryl methyl sites for hydroxylation is 1. The highest BCUT2D eigenvalue weighted by Crippen LogP contribution is 2.27. The Hall–Kier alpha value is -2.14. The summed E-state index contributed by atoms with van der Waals surface area (Å²) in [6, 6.07) is 12.5. The smallest absolute Gasteiger partial charge is 0.191 e. The minimum Gasteiger partial charge on any atom is -0.488 e. The van der Waals surface area contributed by atoms with Crippen molar-refractivity contribution in [1.29, 1.82) is 0 Å². The summed E-state index contributed by atoms with van der Waals surface area (Å²) in [6.07, 6.45) is 1.98. The average molecular weight is 538 g/mol. The van der Waals surface area contributed by atoms with Crippen molar-refractivity contribution >= 4 is 41.3 Å². The first-order valence-electron chi connectivity index (χ1n) is 9.83. The molecule has 9 heteroatoms. The fraction of sp³-hybridized carbons (Fsp3) is 0.381. The highest BCUT2D eigenvalue weighted by molar-refractivity contribution is 14.0. The Morgan fingerprint density at radius 3 is 2.83 bits per heavy atom. The third-order valence-electron chi connectivity index (χ3n) is 5.02. The Balaban J connectivity index is 0.00000256. The van der Waals surface area contributed by atoms with Crippen molar-refractivity contribution < 1.29 is 4.74 Å². The highest BCUT2D eigenvalue weighted by atomic mass is 127. The van der Waals surface area contributed by atoms with E-state index >= 15 is 0 Å². The largest absolute Gasteiger partial charge is 0.488 e. The van der Waals surface area contributed by atoms with Crippen LogP contribution < -0.4 is 15.4 Å². The van der Waals surface area contributed by atoms with Gasteiger partial charge < -0.3 is 19.9 Å². The molecule has 0 saturated carbocycles. The van der Waals surface area contributed by atoms with Crippen LogP contribution in [0.15, 0.2) is 46.8 Å². The lowest BCUT2D eigenvalue weighted by molar-refractivity contribution is 0.235. The van der Waals surface area contributed by atoms with Crippen LogP contribution in [-0.2, 0) is 26.4 Å². The quantitative estimate of drug-likeness (QED) is 0.275. The number of hydrogen-bond acceptors (Lipinski definition) is 5. The van der Waals surface area contributed by atoms with E-state index in [1.54, 1.807) is 11.3 Å². The minimum absolute atomic E-state index is 0. The number of aromatic nitrogens is 3. The average Bonchev–Trinajstić information content (AvgIpc) is 3.45. The molecule has 0 radical (unpaired) electrons. The van der Waals surface area contributed by atoms with E-state index in [0.717, 1.165) is 42.7 Å². The van der Waals surface area contributed by atoms with Gasteiger partial charge >= 0.3 is 0 Å². The number of halogens is 1. The number of guanidine groups is 1. The molecule has 3 heterocycles. The van der Waals surface area contributed by atoms with Crippen molar-refractivity contribution in [2.45, 2.75) is 32.4 Å². The van der Waals surface area contributed by atoms with Crippen LogP contribution in [0.3, 0.4) is 0 Å². The summed E-state index contributed by atoms with van der Waals surface area (Å²) < 4.78 is 8.00. The van der Waals surface area contributed by atoms with Crippen LogP contribution >= 0.6 is 35.3 Å². The summed E-state index contributed by atoms with van der Waals surface area (Å²) in [5.41, 5.74) is 1.26. The van der Waals surface area contributed by atoms with Crippen molar-refractivity contribution in [2.75, 3.05) is 13.1 Å². The molecule has 1 aromatic carbocycles. The molecular formula is C21H27IN6OS. The summed E-state index contributed by atoms with van der Waals surface area (Å²) in [6.45, 7) is 3.92. The van der Waals surface area contributed by atoms with Gasteiger partial charge in [-0.25, -0.2) is 4.99 Å². The Labute approximate surface area is 198 Å². The van der Waals surface area contributed by atoms with Crippen LogP contribution in [-0.4, -0.2) is 39.9 Å². The number of fused-ring (bicyclic) bond motifs is 1. The van der Waals surface area contributed by atoms with E-state index < -0.39 is 0 Å². The lowest BCUT2D eigenvalue weighted by Gasteiger charge is -2.16. The van der Waals surface area contributed by atoms with Gasteiger partial charge in [0.1, 0.15) is 24.2 Å². The van der Waals surface area contributed by atoms with Gasteiger partial charge in [0.05, 0.1) is 6.54 Å². The molecule has 7 nitrogen and oxygen atoms in total. The molecule has 0 saturated heterocycles. The number of ether oxygens (including phenoxy) is 1. The number of aliphatic imine (C=N–C) groups is 1. The number of nitrogens with one attached hydrogen (secondary N) is 2. The molecule has 160 valence electrons. The fourth-order valence-electron chi connectivity index (χ4n) is 3.25. The van der Waals surface area contributed by atoms with Gasteiger partial charge in [0, 0.05) is 24.9 Å². The van der Waals surface area contributed by atoms with Crippen LogP contribution in [0.5, 0.6) is 5.75 Å². The van der Waals surface area contributed by atoms with Gasteiger partial charge in [-0.05, 0) is 36.4 Å². The molecule has 2 N–H and O–H groups in total. The van der Waals surface area contributed by atoms with Gasteiger partial charge in [-0.2, -0.15) is 0 Å². The van der Waals surface area contributed by atoms with Crippen molar-refractivity contribution in [3.63, 3.8) is 0 Å². The molecule has 0 spiro atoms. The minimum atomic E-state index is 0. The maximum absolute atomic E-state index is 6.04. The molecule has 0 amide bonds. The number of thiophene rings is 1. The first kappa shape index (κ1) is 22.5. The summed E-state index contributed by atoms with van der Waals surface area (Å²) in [5, 5.41) is 17.3. The van der Waals surface area contributed by atoms with Crippen LogP contribution in [0.4, 0.5) is 0 Å². The standard InChI is InChI=1S/C21H26N6OS.HI/c1-15-25-26-20(27(15)2)14-24-21(22-10-9-18-7-5-11-29-18)23-13-17-12-16-6-3-4-8-19(16)28-17;/h3-8,11,17H,9-10,12-14H2,1-2H3,(H2,22,23,24);1H. The lowest BCUT2D eigenvalue weighted by atomic mass is 10.1. The Bertz CT molecular complexity index is 947. The third-order valence-corrected chi connectivity index (χ3v) is 5.95. The van der Waals surface area contributed by atoms with Gasteiger partial charge in [0.25, 0.3) is 0 Å². The Morgan fingerprint density at radius 2 is 2.10 bits per heavy atom. The van der Waals surface area contributed by atoms with Crippen LogP contribution in [0.25, 0.3) is 0 Å². The molecule has 2 aromatic heterocycles. The van der Waals surface area contributed by atoms with Crippen molar-refractivity contribution in [3.05, 3.63) is 63.9 Å². The summed E-state index contributed by atoms with van der Waals surface area (Å²) >= 11 is 1.77. The van der Waals surface area contributed by atoms with Gasteiger partial charge in [0.2, 0.25) is 0 Å². The van der Waals surface area contributed by atoms with Gasteiger partial charge in [-0.1, -0.05) is 24.3 Å². The van der Waals surface area contributed by atoms with Gasteiger partial charge in [0.15, 0.2) is 11.8 Å². The molecule has 0 bridgehead atoms. The monoisotopic (exact) mass is 538 g/mol. The maximum atomic E-state index is 6.04. The number of nitrogens with zero attached hydrogens (tertiary/aromatic N) is 4. The fourth-order valence-corrected chi connectivity index (χ4v) is 3.96. The van der Waals surface area contributed by atoms with E-state index in [1.807, 2.05) is 30.7 Å². The SMILES string of the molecule is Cc1nnc(CN=C(NCCc2cccs2)NCC2Cc3ccccc3O2)n1C.I. The molecule has 30 heavy (non-hydrogen) atoms. The molecule has 3 aromatic rings. The molecule has 0 fully saturated rings. The van der Waals surface area contributed by atoms with E-state index in [0.29, 0.717) is 13.1 Å². The topological polar surface area (TPSA) is 76.4 Å². The Kier molecular flexibility index (Phi) is 8.08. The maximum Gasteiger partial charge on any atom is 0.191 e. The van der Waals surface area contributed by atoms with E-state index in [-0.39, 0.29) is 30.1 Å². The van der Waals surface area contributed by atoms with E-state index in [4.69, 9.17) is 9.73 Å². The van der Waals surface area contributed by atoms with Crippen LogP contribution in [0.1, 0.15) is 22.1 Å².